The third-order valence-electron chi connectivity index (χ3n) is 3.89. The molecule has 11 nitrogen and oxygen atoms in total. The van der Waals surface area contributed by atoms with Crippen molar-refractivity contribution < 1.29 is 24.2 Å². The Bertz CT molecular complexity index is 828. The fourth-order valence-corrected chi connectivity index (χ4v) is 3.31. The summed E-state index contributed by atoms with van der Waals surface area (Å²) in [7, 11) is 0. The van der Waals surface area contributed by atoms with Crippen LogP contribution in [0.5, 0.6) is 0 Å². The minimum atomic E-state index is -0.417. The second-order valence-corrected chi connectivity index (χ2v) is 7.03. The van der Waals surface area contributed by atoms with E-state index in [0.717, 1.165) is 5.69 Å². The van der Waals surface area contributed by atoms with Gasteiger partial charge in [-0.2, -0.15) is 0 Å². The summed E-state index contributed by atoms with van der Waals surface area (Å²) in [4.78, 5) is 42.8. The van der Waals surface area contributed by atoms with Gasteiger partial charge in [0.15, 0.2) is 0 Å². The van der Waals surface area contributed by atoms with Crippen LogP contribution in [0, 0.1) is 12.8 Å². The minimum absolute atomic E-state index is 0.126. The topological polar surface area (TPSA) is 148 Å². The molecule has 2 aromatic rings. The molecule has 1 saturated heterocycles. The number of hydrogen-bond donors (Lipinski definition) is 2. The van der Waals surface area contributed by atoms with Gasteiger partial charge >= 0.3 is 0 Å². The third kappa shape index (κ3) is 6.54. The third-order valence-corrected chi connectivity index (χ3v) is 4.81. The molecule has 2 N–H and O–H groups in total. The maximum Gasteiger partial charge on any atom is 0.290 e. The Morgan fingerprint density at radius 1 is 1.41 bits per heavy atom. The lowest BCUT2D eigenvalue weighted by molar-refractivity contribution is -0.126. The van der Waals surface area contributed by atoms with Gasteiger partial charge in [-0.1, -0.05) is 11.3 Å². The van der Waals surface area contributed by atoms with Crippen molar-refractivity contribution in [2.24, 2.45) is 5.92 Å². The zero-order valence-corrected chi connectivity index (χ0v) is 16.9. The predicted molar refractivity (Wildman–Crippen MR) is 103 cm³/mol. The van der Waals surface area contributed by atoms with Gasteiger partial charge in [0.05, 0.1) is 30.0 Å². The molecule has 0 radical (unpaired) electrons. The van der Waals surface area contributed by atoms with Crippen molar-refractivity contribution in [3.05, 3.63) is 28.8 Å². The highest BCUT2D eigenvalue weighted by Gasteiger charge is 2.36. The molecule has 29 heavy (non-hydrogen) atoms. The van der Waals surface area contributed by atoms with Crippen LogP contribution in [0.25, 0.3) is 0 Å². The van der Waals surface area contributed by atoms with E-state index in [-0.39, 0.29) is 31.3 Å². The van der Waals surface area contributed by atoms with E-state index in [9.17, 15) is 9.59 Å². The van der Waals surface area contributed by atoms with E-state index >= 15 is 0 Å². The number of anilines is 1. The summed E-state index contributed by atoms with van der Waals surface area (Å²) in [6, 6.07) is 0. The second kappa shape index (κ2) is 11.1. The van der Waals surface area contributed by atoms with E-state index in [1.165, 1.54) is 16.2 Å². The summed E-state index contributed by atoms with van der Waals surface area (Å²) in [6.45, 7) is 5.04. The Morgan fingerprint density at radius 3 is 2.83 bits per heavy atom. The van der Waals surface area contributed by atoms with Gasteiger partial charge in [-0.15, -0.1) is 10.2 Å². The molecule has 1 fully saturated rings. The van der Waals surface area contributed by atoms with Crippen molar-refractivity contribution in [2.75, 3.05) is 18.1 Å². The standard InChI is InChI=1S/C16H20N6O3S.CH2O2/c1-3-25-9-13-20-21-16(26-13)22-8-11(4-14(22)23)15(24)19-7-12-6-17-10(2)5-18-12;2-1-3/h5-6,11H,3-4,7-9H2,1-2H3,(H,19,24);1H,(H,2,3). The number of carboxylic acid groups (broad SMARTS) is 1. The fraction of sp³-hybridized carbons (Fsp3) is 0.471. The Balaban J connectivity index is 0.000000941. The van der Waals surface area contributed by atoms with Crippen LogP contribution in [0.4, 0.5) is 5.13 Å². The minimum Gasteiger partial charge on any atom is -0.483 e. The normalized spacial score (nSPS) is 15.6. The number of rotatable bonds is 7. The molecular weight excluding hydrogens is 400 g/mol. The van der Waals surface area contributed by atoms with E-state index in [1.54, 1.807) is 12.4 Å². The van der Waals surface area contributed by atoms with E-state index in [2.05, 4.69) is 25.5 Å². The fourth-order valence-electron chi connectivity index (χ4n) is 2.50. The number of carbonyl (C=O) groups excluding carboxylic acids is 2. The quantitative estimate of drug-likeness (QED) is 0.610. The molecule has 12 heteroatoms. The average Bonchev–Trinajstić information content (AvgIpc) is 3.32. The monoisotopic (exact) mass is 422 g/mol. The summed E-state index contributed by atoms with van der Waals surface area (Å²) in [5.41, 5.74) is 1.49. The van der Waals surface area contributed by atoms with Gasteiger partial charge in [0.2, 0.25) is 16.9 Å². The zero-order valence-electron chi connectivity index (χ0n) is 16.1. The molecule has 2 amide bonds. The first kappa shape index (κ1) is 22.3. The highest BCUT2D eigenvalue weighted by Crippen LogP contribution is 2.28. The van der Waals surface area contributed by atoms with Crippen molar-refractivity contribution in [1.82, 2.24) is 25.5 Å². The molecule has 1 aliphatic rings. The van der Waals surface area contributed by atoms with Crippen LogP contribution in [-0.2, 0) is 32.3 Å². The number of hydrogen-bond acceptors (Lipinski definition) is 9. The van der Waals surface area contributed by atoms with E-state index in [4.69, 9.17) is 14.6 Å². The van der Waals surface area contributed by atoms with Gasteiger partial charge in [-0.05, 0) is 13.8 Å². The van der Waals surface area contributed by atoms with Gasteiger partial charge in [-0.3, -0.25) is 29.3 Å². The molecule has 0 aliphatic carbocycles. The Morgan fingerprint density at radius 2 is 2.17 bits per heavy atom. The van der Waals surface area contributed by atoms with Crippen LogP contribution in [0.15, 0.2) is 12.4 Å². The van der Waals surface area contributed by atoms with E-state index in [1.807, 2.05) is 13.8 Å². The maximum atomic E-state index is 12.4. The lowest BCUT2D eigenvalue weighted by Crippen LogP contribution is -2.32. The van der Waals surface area contributed by atoms with Crippen LogP contribution in [0.1, 0.15) is 29.7 Å². The molecule has 1 atom stereocenters. The molecule has 1 aliphatic heterocycles. The van der Waals surface area contributed by atoms with Gasteiger partial charge in [0.1, 0.15) is 11.6 Å². The number of nitrogens with zero attached hydrogens (tertiary/aromatic N) is 5. The zero-order chi connectivity index (χ0) is 21.2. The molecule has 156 valence electrons. The van der Waals surface area contributed by atoms with Gasteiger partial charge in [-0.25, -0.2) is 0 Å². The largest absolute Gasteiger partial charge is 0.483 e. The molecule has 0 bridgehead atoms. The first-order valence-electron chi connectivity index (χ1n) is 8.82. The first-order valence-corrected chi connectivity index (χ1v) is 9.63. The number of carbonyl (C=O) groups is 3. The Labute approximate surface area is 171 Å². The van der Waals surface area contributed by atoms with Crippen molar-refractivity contribution in [1.29, 1.82) is 0 Å². The number of amides is 2. The van der Waals surface area contributed by atoms with Crippen LogP contribution in [-0.4, -0.2) is 56.7 Å². The number of aromatic nitrogens is 4. The van der Waals surface area contributed by atoms with Gasteiger partial charge < -0.3 is 15.2 Å². The molecule has 0 aromatic carbocycles. The Hall–Kier alpha value is -2.99. The summed E-state index contributed by atoms with van der Waals surface area (Å²) in [5, 5.41) is 19.0. The smallest absolute Gasteiger partial charge is 0.290 e. The average molecular weight is 422 g/mol. The number of ether oxygens (including phenoxy) is 1. The van der Waals surface area contributed by atoms with Crippen molar-refractivity contribution in [3.8, 4) is 0 Å². The van der Waals surface area contributed by atoms with E-state index in [0.29, 0.717) is 35.6 Å². The molecular formula is C17H22N6O5S. The van der Waals surface area contributed by atoms with Gasteiger partial charge in [0.25, 0.3) is 6.47 Å². The van der Waals surface area contributed by atoms with Crippen molar-refractivity contribution in [3.63, 3.8) is 0 Å². The molecule has 0 spiro atoms. The lowest BCUT2D eigenvalue weighted by Gasteiger charge is -2.12. The lowest BCUT2D eigenvalue weighted by atomic mass is 10.1. The SMILES string of the molecule is CCOCc1nnc(N2CC(C(=O)NCc3cnc(C)cn3)CC2=O)s1.O=CO. The summed E-state index contributed by atoms with van der Waals surface area (Å²) >= 11 is 1.31. The molecule has 3 heterocycles. The van der Waals surface area contributed by atoms with Crippen LogP contribution in [0.2, 0.25) is 0 Å². The molecule has 1 unspecified atom stereocenters. The second-order valence-electron chi connectivity index (χ2n) is 5.99. The highest BCUT2D eigenvalue weighted by atomic mass is 32.1. The van der Waals surface area contributed by atoms with Crippen LogP contribution < -0.4 is 10.2 Å². The first-order chi connectivity index (χ1) is 14.0. The summed E-state index contributed by atoms with van der Waals surface area (Å²) < 4.78 is 5.29. The van der Waals surface area contributed by atoms with Crippen LogP contribution in [0.3, 0.4) is 0 Å². The van der Waals surface area contributed by atoms with Crippen molar-refractivity contribution >= 4 is 34.8 Å². The van der Waals surface area contributed by atoms with E-state index < -0.39 is 5.92 Å². The highest BCUT2D eigenvalue weighted by molar-refractivity contribution is 7.15. The molecule has 3 rings (SSSR count). The molecule has 0 saturated carbocycles. The summed E-state index contributed by atoms with van der Waals surface area (Å²) in [5.74, 6) is -0.721. The van der Waals surface area contributed by atoms with Crippen LogP contribution >= 0.6 is 11.3 Å². The number of nitrogens with one attached hydrogen (secondary N) is 1. The summed E-state index contributed by atoms with van der Waals surface area (Å²) in [6.07, 6.45) is 3.44. The maximum absolute atomic E-state index is 12.4. The van der Waals surface area contributed by atoms with Gasteiger partial charge in [0, 0.05) is 25.8 Å². The molecule has 2 aromatic heterocycles. The number of aryl methyl sites for hydroxylation is 1. The predicted octanol–water partition coefficient (Wildman–Crippen LogP) is 0.543. The van der Waals surface area contributed by atoms with Crippen molar-refractivity contribution in [2.45, 2.75) is 33.4 Å². The Kier molecular flexibility index (Phi) is 8.55.